The maximum atomic E-state index is 11.9. The number of rotatable bonds is 2. The molecular formula is C15H13BrClN3O2. The van der Waals surface area contributed by atoms with Crippen LogP contribution in [0.15, 0.2) is 40.9 Å². The van der Waals surface area contributed by atoms with Crippen molar-refractivity contribution in [2.75, 3.05) is 16.4 Å². The second kappa shape index (κ2) is 6.81. The Kier molecular flexibility index (Phi) is 5.05. The molecule has 2 amide bonds. The Morgan fingerprint density at radius 1 is 1.05 bits per heavy atom. The summed E-state index contributed by atoms with van der Waals surface area (Å²) in [7, 11) is 0. The number of hydrogen-bond acceptors (Lipinski definition) is 3. The zero-order chi connectivity index (χ0) is 16.3. The van der Waals surface area contributed by atoms with Gasteiger partial charge in [-0.25, -0.2) is 0 Å². The van der Waals surface area contributed by atoms with Gasteiger partial charge in [0.25, 0.3) is 0 Å². The summed E-state index contributed by atoms with van der Waals surface area (Å²) in [6.07, 6.45) is 0. The number of benzene rings is 2. The molecule has 0 atom stereocenters. The summed E-state index contributed by atoms with van der Waals surface area (Å²) in [6.45, 7) is 1.89. The molecule has 0 fully saturated rings. The van der Waals surface area contributed by atoms with Gasteiger partial charge in [0.1, 0.15) is 0 Å². The van der Waals surface area contributed by atoms with E-state index in [1.165, 1.54) is 6.07 Å². The van der Waals surface area contributed by atoms with Crippen molar-refractivity contribution in [2.45, 2.75) is 6.92 Å². The molecule has 0 saturated carbocycles. The lowest BCUT2D eigenvalue weighted by Gasteiger charge is -2.08. The van der Waals surface area contributed by atoms with Crippen LogP contribution in [-0.4, -0.2) is 11.8 Å². The minimum Gasteiger partial charge on any atom is -0.398 e. The first-order chi connectivity index (χ1) is 10.4. The highest BCUT2D eigenvalue weighted by Gasteiger charge is 2.14. The molecule has 0 aliphatic rings. The van der Waals surface area contributed by atoms with E-state index in [1.54, 1.807) is 30.3 Å². The fourth-order valence-corrected chi connectivity index (χ4v) is 2.13. The first kappa shape index (κ1) is 16.3. The van der Waals surface area contributed by atoms with E-state index in [-0.39, 0.29) is 0 Å². The Bertz CT molecular complexity index is 686. The van der Waals surface area contributed by atoms with Crippen LogP contribution in [0.5, 0.6) is 0 Å². The van der Waals surface area contributed by atoms with E-state index in [0.717, 1.165) is 10.0 Å². The molecule has 0 heterocycles. The summed E-state index contributed by atoms with van der Waals surface area (Å²) in [5, 5.41) is 5.29. The van der Waals surface area contributed by atoms with E-state index >= 15 is 0 Å². The van der Waals surface area contributed by atoms with Crippen LogP contribution in [0.3, 0.4) is 0 Å². The van der Waals surface area contributed by atoms with Crippen LogP contribution >= 0.6 is 27.5 Å². The second-order valence-electron chi connectivity index (χ2n) is 4.61. The quantitative estimate of drug-likeness (QED) is 0.548. The van der Waals surface area contributed by atoms with Crippen molar-refractivity contribution in [3.63, 3.8) is 0 Å². The van der Waals surface area contributed by atoms with Crippen molar-refractivity contribution >= 4 is 56.4 Å². The van der Waals surface area contributed by atoms with Gasteiger partial charge in [-0.15, -0.1) is 0 Å². The highest BCUT2D eigenvalue weighted by molar-refractivity contribution is 9.10. The number of amides is 2. The minimum atomic E-state index is -0.790. The van der Waals surface area contributed by atoms with Crippen LogP contribution in [0.25, 0.3) is 0 Å². The van der Waals surface area contributed by atoms with E-state index in [1.807, 2.05) is 6.92 Å². The minimum absolute atomic E-state index is 0.307. The summed E-state index contributed by atoms with van der Waals surface area (Å²) in [5.74, 6) is -1.56. The molecule has 2 aromatic carbocycles. The van der Waals surface area contributed by atoms with Crippen molar-refractivity contribution in [2.24, 2.45) is 0 Å². The van der Waals surface area contributed by atoms with Crippen molar-refractivity contribution < 1.29 is 9.59 Å². The smallest absolute Gasteiger partial charge is 0.314 e. The van der Waals surface area contributed by atoms with Crippen molar-refractivity contribution in [3.8, 4) is 0 Å². The van der Waals surface area contributed by atoms with E-state index in [4.69, 9.17) is 17.3 Å². The molecule has 0 aliphatic carbocycles. The predicted molar refractivity (Wildman–Crippen MR) is 92.0 cm³/mol. The Hall–Kier alpha value is -2.05. The molecule has 0 saturated heterocycles. The van der Waals surface area contributed by atoms with Gasteiger partial charge in [-0.2, -0.15) is 0 Å². The van der Waals surface area contributed by atoms with E-state index < -0.39 is 11.8 Å². The van der Waals surface area contributed by atoms with Gasteiger partial charge in [-0.3, -0.25) is 9.59 Å². The van der Waals surface area contributed by atoms with Gasteiger partial charge in [0, 0.05) is 15.8 Å². The summed E-state index contributed by atoms with van der Waals surface area (Å²) in [6, 6.07) is 9.84. The highest BCUT2D eigenvalue weighted by Crippen LogP contribution is 2.23. The van der Waals surface area contributed by atoms with Crippen molar-refractivity contribution in [1.29, 1.82) is 0 Å². The Morgan fingerprint density at radius 2 is 1.59 bits per heavy atom. The average molecular weight is 383 g/mol. The number of anilines is 3. The fraction of sp³-hybridized carbons (Fsp3) is 0.0667. The lowest BCUT2D eigenvalue weighted by molar-refractivity contribution is -0.132. The third-order valence-electron chi connectivity index (χ3n) is 2.88. The Balaban J connectivity index is 2.04. The molecular weight excluding hydrogens is 370 g/mol. The van der Waals surface area contributed by atoms with Crippen LogP contribution in [-0.2, 0) is 9.59 Å². The molecule has 5 nitrogen and oxygen atoms in total. The molecule has 7 heteroatoms. The number of nitrogens with one attached hydrogen (secondary N) is 2. The maximum absolute atomic E-state index is 11.9. The number of carbonyl (C=O) groups excluding carboxylic acids is 2. The van der Waals surface area contributed by atoms with Crippen LogP contribution in [0.1, 0.15) is 5.56 Å². The van der Waals surface area contributed by atoms with Gasteiger partial charge in [0.15, 0.2) is 0 Å². The van der Waals surface area contributed by atoms with Crippen LogP contribution in [0, 0.1) is 6.92 Å². The normalized spacial score (nSPS) is 10.1. The maximum Gasteiger partial charge on any atom is 0.314 e. The molecule has 0 spiro atoms. The Morgan fingerprint density at radius 3 is 2.14 bits per heavy atom. The monoisotopic (exact) mass is 381 g/mol. The molecule has 0 aliphatic heterocycles. The Labute approximate surface area is 141 Å². The molecule has 2 rings (SSSR count). The van der Waals surface area contributed by atoms with Crippen LogP contribution in [0.4, 0.5) is 17.1 Å². The summed E-state index contributed by atoms with van der Waals surface area (Å²) in [4.78, 5) is 23.7. The number of nitrogen functional groups attached to an aromatic ring is 1. The summed E-state index contributed by atoms with van der Waals surface area (Å²) >= 11 is 9.22. The van der Waals surface area contributed by atoms with Gasteiger partial charge in [0.2, 0.25) is 0 Å². The SMILES string of the molecule is Cc1cc(NC(=O)C(=O)Nc2ccc(N)c(Cl)c2)ccc1Br. The lowest BCUT2D eigenvalue weighted by Crippen LogP contribution is -2.29. The number of aryl methyl sites for hydroxylation is 1. The van der Waals surface area contributed by atoms with Gasteiger partial charge < -0.3 is 16.4 Å². The standard InChI is InChI=1S/C15H13BrClN3O2/c1-8-6-9(2-4-11(8)16)19-14(21)15(22)20-10-3-5-13(18)12(17)7-10/h2-7H,18H2,1H3,(H,19,21)(H,20,22). The lowest BCUT2D eigenvalue weighted by atomic mass is 10.2. The zero-order valence-electron chi connectivity index (χ0n) is 11.6. The average Bonchev–Trinajstić information content (AvgIpc) is 2.46. The highest BCUT2D eigenvalue weighted by atomic mass is 79.9. The van der Waals surface area contributed by atoms with Gasteiger partial charge in [-0.1, -0.05) is 27.5 Å². The third-order valence-corrected chi connectivity index (χ3v) is 4.10. The number of halogens is 2. The first-order valence-electron chi connectivity index (χ1n) is 6.30. The molecule has 22 heavy (non-hydrogen) atoms. The predicted octanol–water partition coefficient (Wildman–Crippen LogP) is 3.57. The second-order valence-corrected chi connectivity index (χ2v) is 5.87. The van der Waals surface area contributed by atoms with E-state index in [0.29, 0.717) is 22.1 Å². The van der Waals surface area contributed by atoms with Crippen molar-refractivity contribution in [1.82, 2.24) is 0 Å². The van der Waals surface area contributed by atoms with Gasteiger partial charge in [0.05, 0.1) is 10.7 Å². The van der Waals surface area contributed by atoms with Gasteiger partial charge >= 0.3 is 11.8 Å². The molecule has 0 unspecified atom stereocenters. The number of nitrogens with two attached hydrogens (primary N) is 1. The molecule has 114 valence electrons. The topological polar surface area (TPSA) is 84.2 Å². The van der Waals surface area contributed by atoms with Crippen LogP contribution in [0.2, 0.25) is 5.02 Å². The van der Waals surface area contributed by atoms with Crippen LogP contribution < -0.4 is 16.4 Å². The van der Waals surface area contributed by atoms with Gasteiger partial charge in [-0.05, 0) is 48.9 Å². The largest absolute Gasteiger partial charge is 0.398 e. The summed E-state index contributed by atoms with van der Waals surface area (Å²) < 4.78 is 0.923. The van der Waals surface area contributed by atoms with E-state index in [9.17, 15) is 9.59 Å². The van der Waals surface area contributed by atoms with Crippen molar-refractivity contribution in [3.05, 3.63) is 51.5 Å². The number of carbonyl (C=O) groups is 2. The molecule has 2 aromatic rings. The molecule has 4 N–H and O–H groups in total. The molecule has 0 radical (unpaired) electrons. The summed E-state index contributed by atoms with van der Waals surface area (Å²) in [5.41, 5.74) is 7.86. The first-order valence-corrected chi connectivity index (χ1v) is 7.47. The molecule has 0 aromatic heterocycles. The van der Waals surface area contributed by atoms with E-state index in [2.05, 4.69) is 26.6 Å². The number of hydrogen-bond donors (Lipinski definition) is 3. The fourth-order valence-electron chi connectivity index (χ4n) is 1.70. The third kappa shape index (κ3) is 3.99. The zero-order valence-corrected chi connectivity index (χ0v) is 14.0. The molecule has 0 bridgehead atoms.